The summed E-state index contributed by atoms with van der Waals surface area (Å²) in [5.74, 6) is 2.55. The Hall–Kier alpha value is -2.06. The molecule has 1 aromatic rings. The zero-order chi connectivity index (χ0) is 15.8. The number of nitrogens with zero attached hydrogens (tertiary/aromatic N) is 2. The molecule has 0 heterocycles. The third kappa shape index (κ3) is 5.09. The Morgan fingerprint density at radius 3 is 2.86 bits per heavy atom. The van der Waals surface area contributed by atoms with E-state index >= 15 is 0 Å². The lowest BCUT2D eigenvalue weighted by Crippen LogP contribution is -2.07. The first-order valence-electron chi connectivity index (χ1n) is 6.65. The number of nitrogens with one attached hydrogen (secondary N) is 1. The van der Waals surface area contributed by atoms with Gasteiger partial charge in [-0.15, -0.1) is 6.42 Å². The largest absolute Gasteiger partial charge is 0.397 e. The molecule has 3 N–H and O–H groups in total. The van der Waals surface area contributed by atoms with Crippen molar-refractivity contribution >= 4 is 35.2 Å². The third-order valence-electron chi connectivity index (χ3n) is 2.76. The summed E-state index contributed by atoms with van der Waals surface area (Å²) in [5.41, 5.74) is 9.69. The average Bonchev–Trinajstić information content (AvgIpc) is 2.44. The maximum Gasteiger partial charge on any atom is 0.0988 e. The van der Waals surface area contributed by atoms with Gasteiger partial charge < -0.3 is 16.0 Å². The molecule has 1 aromatic carbocycles. The van der Waals surface area contributed by atoms with Gasteiger partial charge >= 0.3 is 0 Å². The van der Waals surface area contributed by atoms with Crippen LogP contribution in [0.3, 0.4) is 0 Å². The SMILES string of the molecule is C#CCNc1c(N)cc(C(=C)CC)cc1S/N=C/N(C)C. The number of anilines is 2. The van der Waals surface area contributed by atoms with Crippen LogP contribution < -0.4 is 11.1 Å². The van der Waals surface area contributed by atoms with Gasteiger partial charge in [0.1, 0.15) is 0 Å². The summed E-state index contributed by atoms with van der Waals surface area (Å²) in [5, 5.41) is 3.15. The fourth-order valence-corrected chi connectivity index (χ4v) is 2.43. The van der Waals surface area contributed by atoms with Gasteiger partial charge in [-0.2, -0.15) is 0 Å². The molecule has 5 heteroatoms. The van der Waals surface area contributed by atoms with Gasteiger partial charge in [0.25, 0.3) is 0 Å². The Morgan fingerprint density at radius 1 is 1.57 bits per heavy atom. The highest BCUT2D eigenvalue weighted by molar-refractivity contribution is 7.98. The first-order valence-corrected chi connectivity index (χ1v) is 7.42. The van der Waals surface area contributed by atoms with Gasteiger partial charge in [0.05, 0.1) is 29.2 Å². The highest BCUT2D eigenvalue weighted by Gasteiger charge is 2.10. The Kier molecular flexibility index (Phi) is 6.70. The van der Waals surface area contributed by atoms with Crippen molar-refractivity contribution in [1.82, 2.24) is 4.90 Å². The average molecular weight is 302 g/mol. The zero-order valence-corrected chi connectivity index (χ0v) is 13.6. The monoisotopic (exact) mass is 302 g/mol. The number of hydrogen-bond acceptors (Lipinski definition) is 4. The van der Waals surface area contributed by atoms with Gasteiger partial charge in [-0.25, -0.2) is 4.40 Å². The smallest absolute Gasteiger partial charge is 0.0988 e. The van der Waals surface area contributed by atoms with Crippen LogP contribution >= 0.6 is 11.9 Å². The van der Waals surface area contributed by atoms with Gasteiger partial charge in [-0.05, 0) is 29.7 Å². The molecule has 0 aliphatic carbocycles. The van der Waals surface area contributed by atoms with E-state index in [1.807, 2.05) is 31.1 Å². The van der Waals surface area contributed by atoms with Crippen LogP contribution in [0, 0.1) is 12.3 Å². The molecule has 0 aliphatic heterocycles. The molecule has 4 nitrogen and oxygen atoms in total. The molecule has 0 aromatic heterocycles. The van der Waals surface area contributed by atoms with E-state index in [9.17, 15) is 0 Å². The van der Waals surface area contributed by atoms with Crippen LogP contribution in [0.5, 0.6) is 0 Å². The van der Waals surface area contributed by atoms with Gasteiger partial charge in [0.15, 0.2) is 0 Å². The highest BCUT2D eigenvalue weighted by atomic mass is 32.2. The predicted octanol–water partition coefficient (Wildman–Crippen LogP) is 3.33. The standard InChI is InChI=1S/C16H22N4S/c1-6-8-18-16-14(17)9-13(12(3)7-2)10-15(16)21-19-11-20(4)5/h1,9-11,18H,3,7-8,17H2,2,4-5H3/b19-11+. The second-order valence-corrected chi connectivity index (χ2v) is 5.56. The van der Waals surface area contributed by atoms with E-state index in [0.29, 0.717) is 12.2 Å². The van der Waals surface area contributed by atoms with Crippen LogP contribution in [0.25, 0.3) is 5.57 Å². The minimum absolute atomic E-state index is 0.420. The van der Waals surface area contributed by atoms with Gasteiger partial charge in [0.2, 0.25) is 0 Å². The fourth-order valence-electron chi connectivity index (χ4n) is 1.62. The summed E-state index contributed by atoms with van der Waals surface area (Å²) >= 11 is 1.36. The lowest BCUT2D eigenvalue weighted by molar-refractivity contribution is 0.645. The zero-order valence-electron chi connectivity index (χ0n) is 12.8. The molecule has 0 saturated carbocycles. The maximum absolute atomic E-state index is 6.14. The van der Waals surface area contributed by atoms with Crippen molar-refractivity contribution in [3.63, 3.8) is 0 Å². The number of benzene rings is 1. The normalized spacial score (nSPS) is 10.4. The van der Waals surface area contributed by atoms with Gasteiger partial charge in [0, 0.05) is 26.0 Å². The van der Waals surface area contributed by atoms with Crippen LogP contribution in [0.15, 0.2) is 28.0 Å². The van der Waals surface area contributed by atoms with Crippen molar-refractivity contribution < 1.29 is 0 Å². The first kappa shape index (κ1) is 17.0. The molecule has 112 valence electrons. The minimum atomic E-state index is 0.420. The molecule has 0 saturated heterocycles. The number of rotatable bonds is 7. The van der Waals surface area contributed by atoms with Gasteiger partial charge in [-0.1, -0.05) is 19.4 Å². The van der Waals surface area contributed by atoms with Crippen molar-refractivity contribution in [2.24, 2.45) is 4.40 Å². The summed E-state index contributed by atoms with van der Waals surface area (Å²) in [4.78, 5) is 2.81. The summed E-state index contributed by atoms with van der Waals surface area (Å²) in [6.07, 6.45) is 7.93. The van der Waals surface area contributed by atoms with Crippen LogP contribution in [-0.4, -0.2) is 31.9 Å². The number of terminal acetylenes is 1. The highest BCUT2D eigenvalue weighted by Crippen LogP contribution is 2.36. The van der Waals surface area contributed by atoms with Crippen molar-refractivity contribution in [1.29, 1.82) is 0 Å². The molecule has 0 unspecified atom stereocenters. The predicted molar refractivity (Wildman–Crippen MR) is 95.5 cm³/mol. The van der Waals surface area contributed by atoms with Crippen LogP contribution in [-0.2, 0) is 0 Å². The van der Waals surface area contributed by atoms with Crippen molar-refractivity contribution in [2.45, 2.75) is 18.2 Å². The van der Waals surface area contributed by atoms with E-state index in [1.54, 1.807) is 6.34 Å². The molecule has 1 rings (SSSR count). The minimum Gasteiger partial charge on any atom is -0.397 e. The molecule has 0 amide bonds. The molecule has 0 atom stereocenters. The molecule has 0 spiro atoms. The maximum atomic E-state index is 6.14. The van der Waals surface area contributed by atoms with E-state index in [-0.39, 0.29) is 0 Å². The van der Waals surface area contributed by atoms with E-state index in [4.69, 9.17) is 12.2 Å². The number of hydrogen-bond donors (Lipinski definition) is 2. The second-order valence-electron chi connectivity index (χ2n) is 4.73. The molecule has 0 aliphatic rings. The van der Waals surface area contributed by atoms with E-state index in [1.165, 1.54) is 11.9 Å². The quantitative estimate of drug-likeness (QED) is 0.267. The second kappa shape index (κ2) is 8.28. The van der Waals surface area contributed by atoms with Crippen molar-refractivity contribution in [3.8, 4) is 12.3 Å². The molecule has 0 fully saturated rings. The molecule has 21 heavy (non-hydrogen) atoms. The van der Waals surface area contributed by atoms with Gasteiger partial charge in [-0.3, -0.25) is 0 Å². The molecular formula is C16H22N4S. The van der Waals surface area contributed by atoms with Crippen molar-refractivity contribution in [3.05, 3.63) is 24.3 Å². The Morgan fingerprint density at radius 2 is 2.29 bits per heavy atom. The lowest BCUT2D eigenvalue weighted by Gasteiger charge is -2.14. The fraction of sp³-hybridized carbons (Fsp3) is 0.312. The van der Waals surface area contributed by atoms with E-state index < -0.39 is 0 Å². The Labute approximate surface area is 131 Å². The summed E-state index contributed by atoms with van der Waals surface area (Å²) in [6.45, 7) is 6.55. The van der Waals surface area contributed by atoms with E-state index in [2.05, 4.69) is 29.1 Å². The summed E-state index contributed by atoms with van der Waals surface area (Å²) in [6, 6.07) is 3.96. The molecule has 0 bridgehead atoms. The topological polar surface area (TPSA) is 53.6 Å². The number of allylic oxidation sites excluding steroid dienone is 1. The van der Waals surface area contributed by atoms with Crippen LogP contribution in [0.1, 0.15) is 18.9 Å². The summed E-state index contributed by atoms with van der Waals surface area (Å²) < 4.78 is 4.32. The molecular weight excluding hydrogens is 280 g/mol. The Balaban J connectivity index is 3.16. The van der Waals surface area contributed by atoms with Crippen LogP contribution in [0.4, 0.5) is 11.4 Å². The molecule has 0 radical (unpaired) electrons. The van der Waals surface area contributed by atoms with Crippen LogP contribution in [0.2, 0.25) is 0 Å². The summed E-state index contributed by atoms with van der Waals surface area (Å²) in [7, 11) is 3.84. The Bertz CT molecular complexity index is 570. The first-order chi connectivity index (χ1) is 9.99. The third-order valence-corrected chi connectivity index (χ3v) is 3.48. The number of nitrogen functional groups attached to an aromatic ring is 1. The van der Waals surface area contributed by atoms with Crippen molar-refractivity contribution in [2.75, 3.05) is 31.7 Å². The van der Waals surface area contributed by atoms with E-state index in [0.717, 1.165) is 28.1 Å². The lowest BCUT2D eigenvalue weighted by atomic mass is 10.0. The number of nitrogens with two attached hydrogens (primary N) is 1.